The SMILES string of the molecule is C/C(=C\C(=O)N1CCC[C@H](CNC(=O)C(C)(C)C)C1)c1ccccc1. The second kappa shape index (κ2) is 8.32. The summed E-state index contributed by atoms with van der Waals surface area (Å²) in [5.41, 5.74) is 1.68. The molecule has 2 amide bonds. The van der Waals surface area contributed by atoms with Crippen molar-refractivity contribution in [2.45, 2.75) is 40.5 Å². The lowest BCUT2D eigenvalue weighted by Gasteiger charge is -2.33. The van der Waals surface area contributed by atoms with Crippen LogP contribution in [0.1, 0.15) is 46.1 Å². The average Bonchev–Trinajstić information content (AvgIpc) is 2.59. The minimum atomic E-state index is -0.375. The first-order valence-electron chi connectivity index (χ1n) is 9.08. The fraction of sp³-hybridized carbons (Fsp3) is 0.524. The van der Waals surface area contributed by atoms with Crippen molar-refractivity contribution in [2.75, 3.05) is 19.6 Å². The monoisotopic (exact) mass is 342 g/mol. The van der Waals surface area contributed by atoms with Gasteiger partial charge in [-0.1, -0.05) is 51.1 Å². The Labute approximate surface area is 151 Å². The average molecular weight is 342 g/mol. The van der Waals surface area contributed by atoms with Gasteiger partial charge < -0.3 is 10.2 Å². The standard InChI is InChI=1S/C21H30N2O2/c1-16(18-10-6-5-7-11-18)13-19(24)23-12-8-9-17(15-23)14-22-20(25)21(2,3)4/h5-7,10-11,13,17H,8-9,12,14-15H2,1-4H3,(H,22,25)/b16-13+/t17-/m1/s1. The molecule has 1 N–H and O–H groups in total. The molecule has 0 radical (unpaired) electrons. The highest BCUT2D eigenvalue weighted by Gasteiger charge is 2.25. The van der Waals surface area contributed by atoms with Gasteiger partial charge in [0.1, 0.15) is 0 Å². The number of benzene rings is 1. The highest BCUT2D eigenvalue weighted by Crippen LogP contribution is 2.19. The molecule has 1 aromatic rings. The molecular formula is C21H30N2O2. The van der Waals surface area contributed by atoms with Crippen LogP contribution in [0.2, 0.25) is 0 Å². The van der Waals surface area contributed by atoms with Crippen LogP contribution < -0.4 is 5.32 Å². The summed E-state index contributed by atoms with van der Waals surface area (Å²) in [5.74, 6) is 0.457. The van der Waals surface area contributed by atoms with Gasteiger partial charge in [0.2, 0.25) is 11.8 Å². The van der Waals surface area contributed by atoms with E-state index < -0.39 is 0 Å². The maximum atomic E-state index is 12.6. The normalized spacial score (nSPS) is 18.8. The molecule has 4 heteroatoms. The summed E-state index contributed by atoms with van der Waals surface area (Å²) in [6.45, 7) is 9.85. The lowest BCUT2D eigenvalue weighted by Crippen LogP contribution is -2.45. The molecular weight excluding hydrogens is 312 g/mol. The first-order valence-corrected chi connectivity index (χ1v) is 9.08. The molecule has 0 unspecified atom stereocenters. The third kappa shape index (κ3) is 5.73. The molecule has 0 saturated carbocycles. The van der Waals surface area contributed by atoms with E-state index >= 15 is 0 Å². The molecule has 0 aliphatic carbocycles. The van der Waals surface area contributed by atoms with E-state index in [4.69, 9.17) is 0 Å². The van der Waals surface area contributed by atoms with Crippen molar-refractivity contribution < 1.29 is 9.59 Å². The van der Waals surface area contributed by atoms with E-state index in [-0.39, 0.29) is 17.2 Å². The maximum absolute atomic E-state index is 12.6. The van der Waals surface area contributed by atoms with E-state index in [0.717, 1.165) is 30.5 Å². The van der Waals surface area contributed by atoms with Crippen LogP contribution in [-0.4, -0.2) is 36.3 Å². The van der Waals surface area contributed by atoms with Gasteiger partial charge in [0.05, 0.1) is 0 Å². The Balaban J connectivity index is 1.92. The molecule has 2 rings (SSSR count). The van der Waals surface area contributed by atoms with Gasteiger partial charge in [-0.05, 0) is 36.8 Å². The summed E-state index contributed by atoms with van der Waals surface area (Å²) in [7, 11) is 0. The summed E-state index contributed by atoms with van der Waals surface area (Å²) in [6, 6.07) is 9.96. The summed E-state index contributed by atoms with van der Waals surface area (Å²) < 4.78 is 0. The molecule has 1 aliphatic heterocycles. The number of nitrogens with zero attached hydrogens (tertiary/aromatic N) is 1. The van der Waals surface area contributed by atoms with Gasteiger partial charge in [-0.15, -0.1) is 0 Å². The number of carbonyl (C=O) groups is 2. The Morgan fingerprint density at radius 2 is 1.92 bits per heavy atom. The third-order valence-electron chi connectivity index (χ3n) is 4.63. The summed E-state index contributed by atoms with van der Waals surface area (Å²) >= 11 is 0. The molecule has 1 fully saturated rings. The summed E-state index contributed by atoms with van der Waals surface area (Å²) in [5, 5.41) is 3.03. The van der Waals surface area contributed by atoms with Gasteiger partial charge in [-0.25, -0.2) is 0 Å². The molecule has 1 saturated heterocycles. The van der Waals surface area contributed by atoms with Crippen LogP contribution in [0.3, 0.4) is 0 Å². The largest absolute Gasteiger partial charge is 0.355 e. The van der Waals surface area contributed by atoms with Crippen molar-refractivity contribution in [1.29, 1.82) is 0 Å². The lowest BCUT2D eigenvalue weighted by atomic mass is 9.94. The highest BCUT2D eigenvalue weighted by atomic mass is 16.2. The van der Waals surface area contributed by atoms with Crippen LogP contribution in [0, 0.1) is 11.3 Å². The predicted octanol–water partition coefficient (Wildman–Crippen LogP) is 3.49. The molecule has 1 atom stereocenters. The zero-order valence-electron chi connectivity index (χ0n) is 15.8. The molecule has 1 heterocycles. The van der Waals surface area contributed by atoms with Crippen molar-refractivity contribution in [3.63, 3.8) is 0 Å². The molecule has 136 valence electrons. The Morgan fingerprint density at radius 3 is 2.56 bits per heavy atom. The molecule has 0 aromatic heterocycles. The number of nitrogens with one attached hydrogen (secondary N) is 1. The van der Waals surface area contributed by atoms with Crippen LogP contribution in [0.25, 0.3) is 5.57 Å². The van der Waals surface area contributed by atoms with Crippen LogP contribution in [0.15, 0.2) is 36.4 Å². The van der Waals surface area contributed by atoms with Gasteiger partial charge in [0.25, 0.3) is 0 Å². The minimum absolute atomic E-state index is 0.0631. The molecule has 0 bridgehead atoms. The highest BCUT2D eigenvalue weighted by molar-refractivity contribution is 5.94. The first kappa shape index (κ1) is 19.2. The number of piperidine rings is 1. The van der Waals surface area contributed by atoms with E-state index in [2.05, 4.69) is 5.32 Å². The quantitative estimate of drug-likeness (QED) is 0.852. The lowest BCUT2D eigenvalue weighted by molar-refractivity contribution is -0.129. The summed E-state index contributed by atoms with van der Waals surface area (Å²) in [6.07, 6.45) is 3.76. The first-order chi connectivity index (χ1) is 11.8. The van der Waals surface area contributed by atoms with Crippen molar-refractivity contribution in [2.24, 2.45) is 11.3 Å². The Morgan fingerprint density at radius 1 is 1.24 bits per heavy atom. The maximum Gasteiger partial charge on any atom is 0.246 e. The third-order valence-corrected chi connectivity index (χ3v) is 4.63. The fourth-order valence-corrected chi connectivity index (χ4v) is 2.99. The van der Waals surface area contributed by atoms with Gasteiger partial charge in [-0.3, -0.25) is 9.59 Å². The zero-order chi connectivity index (χ0) is 18.4. The Hall–Kier alpha value is -2.10. The number of hydrogen-bond acceptors (Lipinski definition) is 2. The van der Waals surface area contributed by atoms with Crippen molar-refractivity contribution in [1.82, 2.24) is 10.2 Å². The molecule has 1 aromatic carbocycles. The van der Waals surface area contributed by atoms with Crippen LogP contribution >= 0.6 is 0 Å². The topological polar surface area (TPSA) is 49.4 Å². The Kier molecular flexibility index (Phi) is 6.40. The predicted molar refractivity (Wildman–Crippen MR) is 102 cm³/mol. The van der Waals surface area contributed by atoms with Crippen LogP contribution in [0.4, 0.5) is 0 Å². The molecule has 4 nitrogen and oxygen atoms in total. The number of allylic oxidation sites excluding steroid dienone is 1. The van der Waals surface area contributed by atoms with Crippen LogP contribution in [-0.2, 0) is 9.59 Å². The van der Waals surface area contributed by atoms with E-state index in [1.807, 2.05) is 62.9 Å². The van der Waals surface area contributed by atoms with E-state index in [9.17, 15) is 9.59 Å². The number of amides is 2. The number of hydrogen-bond donors (Lipinski definition) is 1. The number of rotatable bonds is 4. The number of likely N-dealkylation sites (tertiary alicyclic amines) is 1. The molecule has 0 spiro atoms. The van der Waals surface area contributed by atoms with E-state index in [1.54, 1.807) is 6.08 Å². The number of carbonyl (C=O) groups excluding carboxylic acids is 2. The smallest absolute Gasteiger partial charge is 0.246 e. The van der Waals surface area contributed by atoms with E-state index in [0.29, 0.717) is 19.0 Å². The second-order valence-corrected chi connectivity index (χ2v) is 7.95. The van der Waals surface area contributed by atoms with E-state index in [1.165, 1.54) is 0 Å². The molecule has 1 aliphatic rings. The zero-order valence-corrected chi connectivity index (χ0v) is 15.8. The van der Waals surface area contributed by atoms with Crippen LogP contribution in [0.5, 0.6) is 0 Å². The van der Waals surface area contributed by atoms with Gasteiger partial charge in [0.15, 0.2) is 0 Å². The minimum Gasteiger partial charge on any atom is -0.355 e. The van der Waals surface area contributed by atoms with Gasteiger partial charge in [-0.2, -0.15) is 0 Å². The summed E-state index contributed by atoms with van der Waals surface area (Å²) in [4.78, 5) is 26.5. The fourth-order valence-electron chi connectivity index (χ4n) is 2.99. The molecule has 25 heavy (non-hydrogen) atoms. The van der Waals surface area contributed by atoms with Gasteiger partial charge >= 0.3 is 0 Å². The Bertz CT molecular complexity index is 629. The van der Waals surface area contributed by atoms with Gasteiger partial charge in [0, 0.05) is 31.1 Å². The van der Waals surface area contributed by atoms with Crippen molar-refractivity contribution >= 4 is 17.4 Å². The second-order valence-electron chi connectivity index (χ2n) is 7.95. The van der Waals surface area contributed by atoms with Crippen molar-refractivity contribution in [3.8, 4) is 0 Å². The van der Waals surface area contributed by atoms with Crippen molar-refractivity contribution in [3.05, 3.63) is 42.0 Å².